The largest absolute Gasteiger partial charge is 0.480 e. The van der Waals surface area contributed by atoms with Crippen LogP contribution >= 0.6 is 0 Å². The fourth-order valence-corrected chi connectivity index (χ4v) is 4.81. The smallest absolute Gasteiger partial charge is 0.327 e. The van der Waals surface area contributed by atoms with Crippen LogP contribution in [0.15, 0.2) is 48.5 Å². The van der Waals surface area contributed by atoms with Crippen molar-refractivity contribution in [1.82, 2.24) is 4.90 Å². The molecule has 0 saturated carbocycles. The predicted octanol–water partition coefficient (Wildman–Crippen LogP) is 2.72. The van der Waals surface area contributed by atoms with E-state index < -0.39 is 33.8 Å². The summed E-state index contributed by atoms with van der Waals surface area (Å²) in [6, 6.07) is 11.5. The maximum absolute atomic E-state index is 12.6. The van der Waals surface area contributed by atoms with E-state index in [2.05, 4.69) is 0 Å². The molecule has 8 nitrogen and oxygen atoms in total. The Morgan fingerprint density at radius 1 is 1.00 bits per heavy atom. The van der Waals surface area contributed by atoms with Crippen molar-refractivity contribution in [2.24, 2.45) is 0 Å². The molecule has 1 atom stereocenters. The fraction of sp³-hybridized carbons (Fsp3) is 0.318. The van der Waals surface area contributed by atoms with Crippen molar-refractivity contribution in [3.8, 4) is 0 Å². The second kappa shape index (κ2) is 8.50. The van der Waals surface area contributed by atoms with Gasteiger partial charge in [-0.15, -0.1) is 0 Å². The van der Waals surface area contributed by atoms with Crippen LogP contribution in [0.2, 0.25) is 0 Å². The molecule has 0 fully saturated rings. The van der Waals surface area contributed by atoms with E-state index in [0.717, 1.165) is 21.0 Å². The van der Waals surface area contributed by atoms with Crippen LogP contribution in [0.1, 0.15) is 52.5 Å². The Labute approximate surface area is 181 Å². The SMILES string of the molecule is CC(C)c1ccc(N(C(CCN2C(=O)c3ccccc3C2=O)C(=O)O)S(C)(=O)=O)cc1. The summed E-state index contributed by atoms with van der Waals surface area (Å²) in [6.07, 6.45) is 0.682. The standard InChI is InChI=1S/C22H24N2O6S/c1-14(2)15-8-10-16(11-9-15)24(31(3,29)30)19(22(27)28)12-13-23-20(25)17-6-4-5-7-18(17)21(23)26/h4-11,14,19H,12-13H2,1-3H3,(H,27,28). The molecule has 0 aromatic heterocycles. The lowest BCUT2D eigenvalue weighted by atomic mass is 10.0. The van der Waals surface area contributed by atoms with Crippen molar-refractivity contribution in [2.75, 3.05) is 17.1 Å². The average molecular weight is 445 g/mol. The first kappa shape index (κ1) is 22.5. The van der Waals surface area contributed by atoms with Crippen LogP contribution in [0.3, 0.4) is 0 Å². The molecule has 1 aliphatic rings. The lowest BCUT2D eigenvalue weighted by Crippen LogP contribution is -2.47. The van der Waals surface area contributed by atoms with Gasteiger partial charge in [-0.3, -0.25) is 18.8 Å². The first-order chi connectivity index (χ1) is 14.5. The molecule has 9 heteroatoms. The van der Waals surface area contributed by atoms with E-state index in [1.165, 1.54) is 12.1 Å². The third-order valence-electron chi connectivity index (χ3n) is 5.24. The summed E-state index contributed by atoms with van der Waals surface area (Å²) in [4.78, 5) is 38.1. The Balaban J connectivity index is 1.88. The zero-order chi connectivity index (χ0) is 22.9. The van der Waals surface area contributed by atoms with Gasteiger partial charge in [-0.2, -0.15) is 0 Å². The van der Waals surface area contributed by atoms with E-state index >= 15 is 0 Å². The normalized spacial score (nSPS) is 14.6. The number of amides is 2. The zero-order valence-corrected chi connectivity index (χ0v) is 18.3. The summed E-state index contributed by atoms with van der Waals surface area (Å²) >= 11 is 0. The maximum Gasteiger partial charge on any atom is 0.327 e. The number of carboxylic acid groups (broad SMARTS) is 1. The number of imide groups is 1. The van der Waals surface area contributed by atoms with Crippen molar-refractivity contribution < 1.29 is 27.9 Å². The summed E-state index contributed by atoms with van der Waals surface area (Å²) in [7, 11) is -3.96. The third-order valence-corrected chi connectivity index (χ3v) is 6.42. The molecule has 0 radical (unpaired) electrons. The first-order valence-electron chi connectivity index (χ1n) is 9.79. The first-order valence-corrected chi connectivity index (χ1v) is 11.6. The molecule has 2 aromatic rings. The molecule has 0 saturated heterocycles. The molecule has 1 heterocycles. The molecule has 2 aromatic carbocycles. The molecule has 2 amide bonds. The number of hydrogen-bond acceptors (Lipinski definition) is 5. The summed E-state index contributed by atoms with van der Waals surface area (Å²) in [5.41, 5.74) is 1.70. The number of hydrogen-bond donors (Lipinski definition) is 1. The minimum Gasteiger partial charge on any atom is -0.480 e. The molecule has 3 rings (SSSR count). The van der Waals surface area contributed by atoms with Crippen LogP contribution in [0.5, 0.6) is 0 Å². The maximum atomic E-state index is 12.6. The minimum atomic E-state index is -3.96. The van der Waals surface area contributed by atoms with Gasteiger partial charge in [0.15, 0.2) is 0 Å². The summed E-state index contributed by atoms with van der Waals surface area (Å²) < 4.78 is 25.9. The van der Waals surface area contributed by atoms with E-state index in [4.69, 9.17) is 0 Å². The highest BCUT2D eigenvalue weighted by molar-refractivity contribution is 7.92. The molecule has 0 bridgehead atoms. The van der Waals surface area contributed by atoms with Gasteiger partial charge >= 0.3 is 5.97 Å². The highest BCUT2D eigenvalue weighted by atomic mass is 32.2. The highest BCUT2D eigenvalue weighted by Crippen LogP contribution is 2.27. The Kier molecular flexibility index (Phi) is 6.17. The van der Waals surface area contributed by atoms with Crippen LogP contribution < -0.4 is 4.31 Å². The van der Waals surface area contributed by atoms with E-state index in [1.807, 2.05) is 13.8 Å². The minimum absolute atomic E-state index is 0.210. The molecule has 164 valence electrons. The number of rotatable bonds is 8. The van der Waals surface area contributed by atoms with E-state index in [0.29, 0.717) is 0 Å². The number of carboxylic acids is 1. The van der Waals surface area contributed by atoms with Crippen molar-refractivity contribution in [3.63, 3.8) is 0 Å². The van der Waals surface area contributed by atoms with Crippen molar-refractivity contribution in [3.05, 3.63) is 65.2 Å². The summed E-state index contributed by atoms with van der Waals surface area (Å²) in [5, 5.41) is 9.80. The number of anilines is 1. The second-order valence-corrected chi connectivity index (χ2v) is 9.61. The van der Waals surface area contributed by atoms with E-state index in [-0.39, 0.29) is 35.7 Å². The number of sulfonamides is 1. The highest BCUT2D eigenvalue weighted by Gasteiger charge is 2.38. The van der Waals surface area contributed by atoms with Crippen LogP contribution in [-0.4, -0.2) is 55.1 Å². The fourth-order valence-electron chi connectivity index (χ4n) is 3.64. The van der Waals surface area contributed by atoms with Gasteiger partial charge in [0, 0.05) is 6.54 Å². The van der Waals surface area contributed by atoms with Crippen LogP contribution in [0, 0.1) is 0 Å². The third kappa shape index (κ3) is 4.46. The molecule has 0 aliphatic carbocycles. The summed E-state index contributed by atoms with van der Waals surface area (Å²) in [6.45, 7) is 3.76. The predicted molar refractivity (Wildman–Crippen MR) is 116 cm³/mol. The number of aliphatic carboxylic acids is 1. The lowest BCUT2D eigenvalue weighted by Gasteiger charge is -2.30. The number of carbonyl (C=O) groups is 3. The second-order valence-electron chi connectivity index (χ2n) is 7.76. The van der Waals surface area contributed by atoms with Gasteiger partial charge in [-0.1, -0.05) is 38.1 Å². The van der Waals surface area contributed by atoms with Crippen LogP contribution in [0.4, 0.5) is 5.69 Å². The molecular weight excluding hydrogens is 420 g/mol. The molecule has 1 aliphatic heterocycles. The topological polar surface area (TPSA) is 112 Å². The molecule has 31 heavy (non-hydrogen) atoms. The van der Waals surface area contributed by atoms with Gasteiger partial charge in [0.2, 0.25) is 10.0 Å². The van der Waals surface area contributed by atoms with Gasteiger partial charge in [0.1, 0.15) is 6.04 Å². The van der Waals surface area contributed by atoms with Gasteiger partial charge in [0.05, 0.1) is 23.1 Å². The Morgan fingerprint density at radius 2 is 1.52 bits per heavy atom. The van der Waals surface area contributed by atoms with E-state index in [1.54, 1.807) is 36.4 Å². The quantitative estimate of drug-likeness (QED) is 0.627. The Hall–Kier alpha value is -3.20. The molecule has 1 N–H and O–H groups in total. The van der Waals surface area contributed by atoms with Gasteiger partial charge in [-0.25, -0.2) is 13.2 Å². The van der Waals surface area contributed by atoms with Crippen LogP contribution in [0.25, 0.3) is 0 Å². The van der Waals surface area contributed by atoms with E-state index in [9.17, 15) is 27.9 Å². The summed E-state index contributed by atoms with van der Waals surface area (Å²) in [5.74, 6) is -2.17. The van der Waals surface area contributed by atoms with Crippen molar-refractivity contribution >= 4 is 33.5 Å². The zero-order valence-electron chi connectivity index (χ0n) is 17.5. The van der Waals surface area contributed by atoms with Crippen LogP contribution in [-0.2, 0) is 14.8 Å². The monoisotopic (exact) mass is 444 g/mol. The number of fused-ring (bicyclic) bond motifs is 1. The lowest BCUT2D eigenvalue weighted by molar-refractivity contribution is -0.138. The van der Waals surface area contributed by atoms with Gasteiger partial charge in [0.25, 0.3) is 11.8 Å². The molecule has 1 unspecified atom stereocenters. The number of nitrogens with zero attached hydrogens (tertiary/aromatic N) is 2. The average Bonchev–Trinajstić information content (AvgIpc) is 2.94. The van der Waals surface area contributed by atoms with Gasteiger partial charge < -0.3 is 5.11 Å². The van der Waals surface area contributed by atoms with Crippen molar-refractivity contribution in [2.45, 2.75) is 32.2 Å². The van der Waals surface area contributed by atoms with Gasteiger partial charge in [-0.05, 0) is 42.2 Å². The van der Waals surface area contributed by atoms with Crippen molar-refractivity contribution in [1.29, 1.82) is 0 Å². The Bertz CT molecular complexity index is 1090. The Morgan fingerprint density at radius 3 is 1.94 bits per heavy atom. The molecular formula is C22H24N2O6S. The number of benzene rings is 2. The number of carbonyl (C=O) groups excluding carboxylic acids is 2. The molecule has 0 spiro atoms.